The fraction of sp³-hybridized carbons (Fsp3) is 0.929. The molecule has 0 unspecified atom stereocenters. The summed E-state index contributed by atoms with van der Waals surface area (Å²) in [5, 5.41) is 18.2. The van der Waals surface area contributed by atoms with Crippen LogP contribution in [-0.4, -0.2) is 71.4 Å². The molecule has 2 aliphatic heterocycles. The summed E-state index contributed by atoms with van der Waals surface area (Å²) in [6, 6.07) is 0. The lowest BCUT2D eigenvalue weighted by Gasteiger charge is -2.33. The van der Waals surface area contributed by atoms with E-state index in [1.807, 2.05) is 4.90 Å². The Labute approximate surface area is 115 Å². The van der Waals surface area contributed by atoms with Crippen LogP contribution in [0.15, 0.2) is 0 Å². The predicted molar refractivity (Wildman–Crippen MR) is 72.7 cm³/mol. The van der Waals surface area contributed by atoms with E-state index in [2.05, 4.69) is 4.90 Å². The molecule has 2 fully saturated rings. The smallest absolute Gasteiger partial charge is 0.222 e. The predicted octanol–water partition coefficient (Wildman–Crippen LogP) is 0.0641. The number of carbonyl (C=O) groups excluding carboxylic acids is 1. The van der Waals surface area contributed by atoms with Crippen molar-refractivity contribution in [3.8, 4) is 0 Å². The normalized spacial score (nSPS) is 24.1. The summed E-state index contributed by atoms with van der Waals surface area (Å²) < 4.78 is 0. The Balaban J connectivity index is 1.62. The van der Waals surface area contributed by atoms with E-state index in [4.69, 9.17) is 5.11 Å². The third-order valence-electron chi connectivity index (χ3n) is 4.37. The maximum Gasteiger partial charge on any atom is 0.222 e. The minimum Gasteiger partial charge on any atom is -0.394 e. The van der Waals surface area contributed by atoms with Gasteiger partial charge in [-0.1, -0.05) is 0 Å². The van der Waals surface area contributed by atoms with Gasteiger partial charge in [0, 0.05) is 26.1 Å². The molecule has 0 bridgehead atoms. The number of carbonyl (C=O) groups is 1. The second-order valence-electron chi connectivity index (χ2n) is 5.85. The molecule has 2 aliphatic rings. The van der Waals surface area contributed by atoms with Crippen LogP contribution >= 0.6 is 0 Å². The first-order valence-electron chi connectivity index (χ1n) is 7.48. The highest BCUT2D eigenvalue weighted by atomic mass is 16.3. The van der Waals surface area contributed by atoms with Crippen LogP contribution in [0.4, 0.5) is 0 Å². The molecule has 0 spiro atoms. The quantitative estimate of drug-likeness (QED) is 0.716. The molecule has 5 nitrogen and oxygen atoms in total. The summed E-state index contributed by atoms with van der Waals surface area (Å²) in [6.07, 6.45) is 4.54. The lowest BCUT2D eigenvalue weighted by Crippen LogP contribution is -2.40. The van der Waals surface area contributed by atoms with Crippen LogP contribution in [0.5, 0.6) is 0 Å². The number of hydrogen-bond donors (Lipinski definition) is 2. The highest BCUT2D eigenvalue weighted by Gasteiger charge is 2.24. The van der Waals surface area contributed by atoms with Crippen LogP contribution < -0.4 is 0 Å². The van der Waals surface area contributed by atoms with Gasteiger partial charge in [-0.2, -0.15) is 0 Å². The van der Waals surface area contributed by atoms with Gasteiger partial charge in [-0.25, -0.2) is 0 Å². The molecule has 0 aromatic carbocycles. The molecule has 2 saturated heterocycles. The Morgan fingerprint density at radius 2 is 2.00 bits per heavy atom. The van der Waals surface area contributed by atoms with E-state index in [-0.39, 0.29) is 6.61 Å². The summed E-state index contributed by atoms with van der Waals surface area (Å²) in [5.41, 5.74) is 0. The van der Waals surface area contributed by atoms with Gasteiger partial charge in [-0.15, -0.1) is 0 Å². The Hall–Kier alpha value is -0.650. The molecule has 0 radical (unpaired) electrons. The average molecular weight is 270 g/mol. The monoisotopic (exact) mass is 270 g/mol. The summed E-state index contributed by atoms with van der Waals surface area (Å²) in [7, 11) is 0. The molecule has 2 N–H and O–H groups in total. The SMILES string of the molecule is O=C1CCCN1CCC1CCN(C[C@H](O)CO)CC1. The van der Waals surface area contributed by atoms with Gasteiger partial charge in [-0.3, -0.25) is 4.79 Å². The highest BCUT2D eigenvalue weighted by molar-refractivity contribution is 5.77. The highest BCUT2D eigenvalue weighted by Crippen LogP contribution is 2.22. The van der Waals surface area contributed by atoms with Crippen LogP contribution in [0.25, 0.3) is 0 Å². The number of rotatable bonds is 6. The van der Waals surface area contributed by atoms with Gasteiger partial charge in [0.1, 0.15) is 0 Å². The molecular formula is C14H26N2O3. The Morgan fingerprint density at radius 1 is 1.26 bits per heavy atom. The van der Waals surface area contributed by atoms with Crippen molar-refractivity contribution in [2.45, 2.75) is 38.2 Å². The van der Waals surface area contributed by atoms with Crippen molar-refractivity contribution < 1.29 is 15.0 Å². The van der Waals surface area contributed by atoms with Gasteiger partial charge in [0.25, 0.3) is 0 Å². The van der Waals surface area contributed by atoms with Gasteiger partial charge >= 0.3 is 0 Å². The molecule has 110 valence electrons. The molecule has 5 heteroatoms. The topological polar surface area (TPSA) is 64.0 Å². The van der Waals surface area contributed by atoms with Crippen molar-refractivity contribution in [2.24, 2.45) is 5.92 Å². The number of β-amino-alcohol motifs (C(OH)–C–C–N with tert-alkyl or cyclic N) is 1. The van der Waals surface area contributed by atoms with E-state index in [1.165, 1.54) is 0 Å². The van der Waals surface area contributed by atoms with E-state index in [0.717, 1.165) is 58.3 Å². The zero-order valence-corrected chi connectivity index (χ0v) is 11.6. The minimum atomic E-state index is -0.612. The number of hydrogen-bond acceptors (Lipinski definition) is 4. The summed E-state index contributed by atoms with van der Waals surface area (Å²) in [4.78, 5) is 15.7. The molecule has 0 aliphatic carbocycles. The molecule has 1 amide bonds. The fourth-order valence-electron chi connectivity index (χ4n) is 3.09. The molecule has 0 aromatic heterocycles. The van der Waals surface area contributed by atoms with Crippen molar-refractivity contribution in [2.75, 3.05) is 39.3 Å². The maximum absolute atomic E-state index is 11.5. The van der Waals surface area contributed by atoms with E-state index in [0.29, 0.717) is 18.4 Å². The van der Waals surface area contributed by atoms with Crippen LogP contribution in [-0.2, 0) is 4.79 Å². The molecule has 2 rings (SSSR count). The van der Waals surface area contributed by atoms with E-state index in [9.17, 15) is 9.90 Å². The summed E-state index contributed by atoms with van der Waals surface area (Å²) in [6.45, 7) is 4.28. The first-order valence-corrected chi connectivity index (χ1v) is 7.48. The molecule has 1 atom stereocenters. The zero-order chi connectivity index (χ0) is 13.7. The second-order valence-corrected chi connectivity index (χ2v) is 5.85. The number of aliphatic hydroxyl groups excluding tert-OH is 2. The number of aliphatic hydroxyl groups is 2. The van der Waals surface area contributed by atoms with Gasteiger partial charge in [0.05, 0.1) is 12.7 Å². The standard InChI is InChI=1S/C14H26N2O3/c17-11-13(18)10-15-7-3-12(4-8-15)5-9-16-6-1-2-14(16)19/h12-13,17-18H,1-11H2/t13-/m0/s1. The van der Waals surface area contributed by atoms with E-state index < -0.39 is 6.10 Å². The van der Waals surface area contributed by atoms with Crippen molar-refractivity contribution >= 4 is 5.91 Å². The van der Waals surface area contributed by atoms with Crippen molar-refractivity contribution in [3.63, 3.8) is 0 Å². The lowest BCUT2D eigenvalue weighted by molar-refractivity contribution is -0.127. The molecule has 0 saturated carbocycles. The van der Waals surface area contributed by atoms with E-state index in [1.54, 1.807) is 0 Å². The third kappa shape index (κ3) is 4.44. The first-order chi connectivity index (χ1) is 9.19. The van der Waals surface area contributed by atoms with Crippen molar-refractivity contribution in [3.05, 3.63) is 0 Å². The largest absolute Gasteiger partial charge is 0.394 e. The number of nitrogens with zero attached hydrogens (tertiary/aromatic N) is 2. The molecule has 2 heterocycles. The molecule has 19 heavy (non-hydrogen) atoms. The average Bonchev–Trinajstić information content (AvgIpc) is 2.83. The lowest BCUT2D eigenvalue weighted by atomic mass is 9.93. The van der Waals surface area contributed by atoms with Crippen LogP contribution in [0, 0.1) is 5.92 Å². The maximum atomic E-state index is 11.5. The molecular weight excluding hydrogens is 244 g/mol. The van der Waals surface area contributed by atoms with Crippen molar-refractivity contribution in [1.29, 1.82) is 0 Å². The van der Waals surface area contributed by atoms with Gasteiger partial charge in [-0.05, 0) is 44.7 Å². The van der Waals surface area contributed by atoms with Crippen LogP contribution in [0.3, 0.4) is 0 Å². The Kier molecular flexibility index (Phi) is 5.60. The number of piperidine rings is 1. The van der Waals surface area contributed by atoms with E-state index >= 15 is 0 Å². The Morgan fingerprint density at radius 3 is 2.58 bits per heavy atom. The summed E-state index contributed by atoms with van der Waals surface area (Å²) >= 11 is 0. The van der Waals surface area contributed by atoms with Crippen molar-refractivity contribution in [1.82, 2.24) is 9.80 Å². The first kappa shape index (κ1) is 14.8. The Bertz CT molecular complexity index is 290. The van der Waals surface area contributed by atoms with Gasteiger partial charge in [0.2, 0.25) is 5.91 Å². The summed E-state index contributed by atoms with van der Waals surface area (Å²) in [5.74, 6) is 1.03. The van der Waals surface area contributed by atoms with Crippen LogP contribution in [0.2, 0.25) is 0 Å². The fourth-order valence-corrected chi connectivity index (χ4v) is 3.09. The van der Waals surface area contributed by atoms with Gasteiger partial charge in [0.15, 0.2) is 0 Å². The zero-order valence-electron chi connectivity index (χ0n) is 11.6. The third-order valence-corrected chi connectivity index (χ3v) is 4.37. The minimum absolute atomic E-state index is 0.156. The molecule has 0 aromatic rings. The number of amides is 1. The second kappa shape index (κ2) is 7.22. The van der Waals surface area contributed by atoms with Crippen LogP contribution in [0.1, 0.15) is 32.1 Å². The number of likely N-dealkylation sites (tertiary alicyclic amines) is 2. The van der Waals surface area contributed by atoms with Gasteiger partial charge < -0.3 is 20.0 Å².